The van der Waals surface area contributed by atoms with Gasteiger partial charge in [0, 0.05) is 31.1 Å². The Hall–Kier alpha value is -2.95. The molecule has 0 aliphatic heterocycles. The number of hydrogen-bond donors (Lipinski definition) is 1. The van der Waals surface area contributed by atoms with Crippen LogP contribution in [0, 0.1) is 0 Å². The van der Waals surface area contributed by atoms with Crippen molar-refractivity contribution >= 4 is 23.6 Å². The first-order valence-corrected chi connectivity index (χ1v) is 6.74. The van der Waals surface area contributed by atoms with Crippen LogP contribution in [0.25, 0.3) is 6.08 Å². The van der Waals surface area contributed by atoms with Crippen LogP contribution in [-0.4, -0.2) is 22.0 Å². The first kappa shape index (κ1) is 15.4. The first-order valence-electron chi connectivity index (χ1n) is 6.74. The van der Waals surface area contributed by atoms with E-state index in [1.54, 1.807) is 41.6 Å². The van der Waals surface area contributed by atoms with Gasteiger partial charge >= 0.3 is 5.97 Å². The molecule has 112 valence electrons. The van der Waals surface area contributed by atoms with Crippen LogP contribution < -0.4 is 4.90 Å². The number of nitrogens with zero attached hydrogens (tertiary/aromatic N) is 2. The van der Waals surface area contributed by atoms with Gasteiger partial charge in [0.25, 0.3) is 0 Å². The van der Waals surface area contributed by atoms with E-state index < -0.39 is 5.97 Å². The summed E-state index contributed by atoms with van der Waals surface area (Å²) in [5, 5.41) is 8.61. The van der Waals surface area contributed by atoms with E-state index in [-0.39, 0.29) is 5.91 Å². The van der Waals surface area contributed by atoms with E-state index in [0.717, 1.165) is 22.9 Å². The van der Waals surface area contributed by atoms with Crippen molar-refractivity contribution in [3.05, 3.63) is 66.0 Å². The number of carbonyl (C=O) groups is 2. The molecule has 2 rings (SSSR count). The molecule has 5 heteroatoms. The lowest BCUT2D eigenvalue weighted by atomic mass is 10.1. The fourth-order valence-corrected chi connectivity index (χ4v) is 1.99. The Kier molecular flexibility index (Phi) is 5.03. The number of pyridine rings is 1. The second-order valence-electron chi connectivity index (χ2n) is 4.72. The third-order valence-corrected chi connectivity index (χ3v) is 3.09. The zero-order valence-corrected chi connectivity index (χ0v) is 12.1. The van der Waals surface area contributed by atoms with E-state index in [2.05, 4.69) is 4.98 Å². The molecule has 0 spiro atoms. The van der Waals surface area contributed by atoms with E-state index in [0.29, 0.717) is 6.54 Å². The molecule has 0 unspecified atom stereocenters. The average Bonchev–Trinajstić information content (AvgIpc) is 2.52. The standard InChI is InChI=1S/C17H16N2O3/c1-13(20)19(12-15-8-10-18-11-9-15)16-5-2-14(3-6-16)4-7-17(21)22/h2-11H,12H2,1H3,(H,21,22). The van der Waals surface area contributed by atoms with Gasteiger partial charge in [0.05, 0.1) is 6.54 Å². The Balaban J connectivity index is 2.19. The number of aromatic nitrogens is 1. The minimum absolute atomic E-state index is 0.0642. The van der Waals surface area contributed by atoms with Crippen LogP contribution in [0.15, 0.2) is 54.9 Å². The maximum Gasteiger partial charge on any atom is 0.328 e. The van der Waals surface area contributed by atoms with E-state index >= 15 is 0 Å². The van der Waals surface area contributed by atoms with Gasteiger partial charge in [0.15, 0.2) is 0 Å². The summed E-state index contributed by atoms with van der Waals surface area (Å²) in [4.78, 5) is 28.0. The van der Waals surface area contributed by atoms with Gasteiger partial charge in [-0.3, -0.25) is 9.78 Å². The van der Waals surface area contributed by atoms with E-state index in [1.807, 2.05) is 12.1 Å². The van der Waals surface area contributed by atoms with Crippen LogP contribution >= 0.6 is 0 Å². The largest absolute Gasteiger partial charge is 0.478 e. The molecule has 1 amide bonds. The van der Waals surface area contributed by atoms with E-state index in [9.17, 15) is 9.59 Å². The van der Waals surface area contributed by atoms with Crippen LogP contribution in [0.3, 0.4) is 0 Å². The van der Waals surface area contributed by atoms with Gasteiger partial charge in [-0.05, 0) is 41.5 Å². The molecule has 0 bridgehead atoms. The number of carbonyl (C=O) groups excluding carboxylic acids is 1. The summed E-state index contributed by atoms with van der Waals surface area (Å²) < 4.78 is 0. The summed E-state index contributed by atoms with van der Waals surface area (Å²) in [6.45, 7) is 1.97. The molecule has 0 aliphatic rings. The average molecular weight is 296 g/mol. The highest BCUT2D eigenvalue weighted by molar-refractivity contribution is 5.91. The third kappa shape index (κ3) is 4.28. The maximum absolute atomic E-state index is 11.9. The van der Waals surface area contributed by atoms with Gasteiger partial charge in [0.1, 0.15) is 0 Å². The Bertz CT molecular complexity index is 679. The van der Waals surface area contributed by atoms with Crippen molar-refractivity contribution < 1.29 is 14.7 Å². The van der Waals surface area contributed by atoms with Crippen LogP contribution in [0.1, 0.15) is 18.1 Å². The summed E-state index contributed by atoms with van der Waals surface area (Å²) in [7, 11) is 0. The lowest BCUT2D eigenvalue weighted by Crippen LogP contribution is -2.27. The van der Waals surface area contributed by atoms with Crippen molar-refractivity contribution in [2.45, 2.75) is 13.5 Å². The number of anilines is 1. The number of hydrogen-bond acceptors (Lipinski definition) is 3. The Morgan fingerprint density at radius 2 is 1.77 bits per heavy atom. The number of rotatable bonds is 5. The molecule has 1 aromatic carbocycles. The number of carboxylic acid groups (broad SMARTS) is 1. The summed E-state index contributed by atoms with van der Waals surface area (Å²) in [6.07, 6.45) is 5.96. The SMILES string of the molecule is CC(=O)N(Cc1ccncc1)c1ccc(C=CC(=O)O)cc1. The van der Waals surface area contributed by atoms with Crippen molar-refractivity contribution in [3.8, 4) is 0 Å². The van der Waals surface area contributed by atoms with Crippen molar-refractivity contribution in [2.24, 2.45) is 0 Å². The van der Waals surface area contributed by atoms with E-state index in [4.69, 9.17) is 5.11 Å². The quantitative estimate of drug-likeness (QED) is 0.861. The van der Waals surface area contributed by atoms with Crippen LogP contribution in [0.5, 0.6) is 0 Å². The van der Waals surface area contributed by atoms with Crippen LogP contribution in [0.2, 0.25) is 0 Å². The molecular weight excluding hydrogens is 280 g/mol. The van der Waals surface area contributed by atoms with Gasteiger partial charge in [-0.2, -0.15) is 0 Å². The topological polar surface area (TPSA) is 70.5 Å². The van der Waals surface area contributed by atoms with Crippen molar-refractivity contribution in [3.63, 3.8) is 0 Å². The van der Waals surface area contributed by atoms with Gasteiger partial charge < -0.3 is 10.0 Å². The van der Waals surface area contributed by atoms with Gasteiger partial charge in [-0.15, -0.1) is 0 Å². The maximum atomic E-state index is 11.9. The number of amides is 1. The molecule has 0 saturated carbocycles. The summed E-state index contributed by atoms with van der Waals surface area (Å²) in [6, 6.07) is 10.9. The second kappa shape index (κ2) is 7.17. The van der Waals surface area contributed by atoms with Gasteiger partial charge in [-0.1, -0.05) is 12.1 Å². The second-order valence-corrected chi connectivity index (χ2v) is 4.72. The summed E-state index contributed by atoms with van der Waals surface area (Å²) in [5.41, 5.74) is 2.51. The van der Waals surface area contributed by atoms with Crippen LogP contribution in [-0.2, 0) is 16.1 Å². The number of aliphatic carboxylic acids is 1. The Labute approximate surface area is 128 Å². The monoisotopic (exact) mass is 296 g/mol. The molecule has 1 N–H and O–H groups in total. The molecule has 0 fully saturated rings. The molecule has 0 saturated heterocycles. The third-order valence-electron chi connectivity index (χ3n) is 3.09. The summed E-state index contributed by atoms with van der Waals surface area (Å²) in [5.74, 6) is -1.06. The van der Waals surface area contributed by atoms with Gasteiger partial charge in [-0.25, -0.2) is 4.79 Å². The minimum atomic E-state index is -0.993. The van der Waals surface area contributed by atoms with Gasteiger partial charge in [0.2, 0.25) is 5.91 Å². The number of benzene rings is 1. The normalized spacial score (nSPS) is 10.6. The Morgan fingerprint density at radius 3 is 2.32 bits per heavy atom. The predicted molar refractivity (Wildman–Crippen MR) is 84.2 cm³/mol. The number of carboxylic acids is 1. The summed E-state index contributed by atoms with van der Waals surface area (Å²) >= 11 is 0. The molecule has 0 radical (unpaired) electrons. The van der Waals surface area contributed by atoms with Crippen molar-refractivity contribution in [1.82, 2.24) is 4.98 Å². The smallest absolute Gasteiger partial charge is 0.328 e. The van der Waals surface area contributed by atoms with Crippen molar-refractivity contribution in [1.29, 1.82) is 0 Å². The van der Waals surface area contributed by atoms with Crippen LogP contribution in [0.4, 0.5) is 5.69 Å². The first-order chi connectivity index (χ1) is 10.6. The highest BCUT2D eigenvalue weighted by Gasteiger charge is 2.11. The van der Waals surface area contributed by atoms with E-state index in [1.165, 1.54) is 13.0 Å². The zero-order chi connectivity index (χ0) is 15.9. The molecule has 22 heavy (non-hydrogen) atoms. The highest BCUT2D eigenvalue weighted by atomic mass is 16.4. The fourth-order valence-electron chi connectivity index (χ4n) is 1.99. The molecule has 0 atom stereocenters. The lowest BCUT2D eigenvalue weighted by molar-refractivity contribution is -0.131. The molecule has 0 aliphatic carbocycles. The lowest BCUT2D eigenvalue weighted by Gasteiger charge is -2.21. The van der Waals surface area contributed by atoms with Crippen molar-refractivity contribution in [2.75, 3.05) is 4.90 Å². The Morgan fingerprint density at radius 1 is 1.14 bits per heavy atom. The highest BCUT2D eigenvalue weighted by Crippen LogP contribution is 2.19. The molecule has 5 nitrogen and oxygen atoms in total. The fraction of sp³-hybridized carbons (Fsp3) is 0.118. The molecular formula is C17H16N2O3. The predicted octanol–water partition coefficient (Wildman–Crippen LogP) is 2.73. The molecule has 1 aromatic heterocycles. The zero-order valence-electron chi connectivity index (χ0n) is 12.1. The molecule has 1 heterocycles. The minimum Gasteiger partial charge on any atom is -0.478 e. The molecule has 2 aromatic rings.